The second kappa shape index (κ2) is 3.46. The summed E-state index contributed by atoms with van der Waals surface area (Å²) in [6.07, 6.45) is -0.0178. The summed E-state index contributed by atoms with van der Waals surface area (Å²) in [6, 6.07) is 10.2. The molecule has 0 saturated carbocycles. The molecular weight excluding hydrogens is 166 g/mol. The van der Waals surface area contributed by atoms with Crippen molar-refractivity contribution in [2.45, 2.75) is 18.8 Å². The van der Waals surface area contributed by atoms with Crippen LogP contribution in [0.4, 0.5) is 0 Å². The zero-order valence-corrected chi connectivity index (χ0v) is 7.55. The van der Waals surface area contributed by atoms with Gasteiger partial charge in [-0.05, 0) is 5.56 Å². The third-order valence-electron chi connectivity index (χ3n) is 2.34. The number of hydrogen-bond donors (Lipinski definition) is 1. The fourth-order valence-corrected chi connectivity index (χ4v) is 1.67. The van der Waals surface area contributed by atoms with Gasteiger partial charge in [-0.15, -0.1) is 0 Å². The van der Waals surface area contributed by atoms with Crippen LogP contribution in [0.2, 0.25) is 0 Å². The summed E-state index contributed by atoms with van der Waals surface area (Å²) >= 11 is 0. The molecule has 1 N–H and O–H groups in total. The van der Waals surface area contributed by atoms with E-state index in [0.29, 0.717) is 6.42 Å². The van der Waals surface area contributed by atoms with Gasteiger partial charge in [-0.3, -0.25) is 4.84 Å². The van der Waals surface area contributed by atoms with E-state index >= 15 is 0 Å². The maximum atomic E-state index is 9.27. The van der Waals surface area contributed by atoms with E-state index in [0.717, 1.165) is 0 Å². The molecule has 1 unspecified atom stereocenters. The molecule has 3 heteroatoms. The molecule has 0 aromatic heterocycles. The van der Waals surface area contributed by atoms with E-state index in [1.54, 1.807) is 5.06 Å². The molecule has 1 aromatic rings. The van der Waals surface area contributed by atoms with Gasteiger partial charge < -0.3 is 5.11 Å². The molecule has 0 aliphatic carbocycles. The van der Waals surface area contributed by atoms with Crippen molar-refractivity contribution in [2.24, 2.45) is 0 Å². The summed E-state index contributed by atoms with van der Waals surface area (Å²) in [7, 11) is 1.84. The highest BCUT2D eigenvalue weighted by atomic mass is 16.8. The molecule has 1 aromatic carbocycles. The lowest BCUT2D eigenvalue weighted by molar-refractivity contribution is -0.208. The second-order valence-corrected chi connectivity index (χ2v) is 3.27. The van der Waals surface area contributed by atoms with Gasteiger partial charge in [0.2, 0.25) is 0 Å². The van der Waals surface area contributed by atoms with Crippen LogP contribution in [0.5, 0.6) is 0 Å². The van der Waals surface area contributed by atoms with E-state index in [2.05, 4.69) is 0 Å². The Balaban J connectivity index is 2.18. The molecule has 2 atom stereocenters. The predicted molar refractivity (Wildman–Crippen MR) is 48.7 cm³/mol. The maximum Gasteiger partial charge on any atom is 0.176 e. The van der Waals surface area contributed by atoms with Gasteiger partial charge in [-0.1, -0.05) is 30.3 Å². The van der Waals surface area contributed by atoms with Gasteiger partial charge >= 0.3 is 0 Å². The number of hydrogen-bond acceptors (Lipinski definition) is 3. The van der Waals surface area contributed by atoms with E-state index in [4.69, 9.17) is 4.84 Å². The summed E-state index contributed by atoms with van der Waals surface area (Å²) < 4.78 is 0. The van der Waals surface area contributed by atoms with Gasteiger partial charge in [-0.2, -0.15) is 5.06 Å². The molecule has 0 radical (unpaired) electrons. The minimum Gasteiger partial charge on any atom is -0.366 e. The molecule has 1 fully saturated rings. The normalized spacial score (nSPS) is 29.4. The number of benzene rings is 1. The Kier molecular flexibility index (Phi) is 2.31. The molecule has 70 valence electrons. The quantitative estimate of drug-likeness (QED) is 0.705. The average molecular weight is 179 g/mol. The Morgan fingerprint density at radius 2 is 2.08 bits per heavy atom. The van der Waals surface area contributed by atoms with Gasteiger partial charge in [0.25, 0.3) is 0 Å². The standard InChI is InChI=1S/C10H13NO2/c1-11-9(7-10(12)13-11)8-5-3-2-4-6-8/h2-6,9-10,12H,7H2,1H3/t9-,10?/m1/s1. The van der Waals surface area contributed by atoms with Crippen molar-refractivity contribution < 1.29 is 9.94 Å². The Morgan fingerprint density at radius 1 is 1.38 bits per heavy atom. The van der Waals surface area contributed by atoms with Crippen LogP contribution in [-0.2, 0) is 4.84 Å². The zero-order chi connectivity index (χ0) is 9.26. The van der Waals surface area contributed by atoms with E-state index < -0.39 is 6.29 Å². The van der Waals surface area contributed by atoms with Crippen molar-refractivity contribution in [3.63, 3.8) is 0 Å². The fourth-order valence-electron chi connectivity index (χ4n) is 1.67. The number of aliphatic hydroxyl groups is 1. The van der Waals surface area contributed by atoms with Crippen LogP contribution < -0.4 is 0 Å². The summed E-state index contributed by atoms with van der Waals surface area (Å²) in [4.78, 5) is 5.12. The fraction of sp³-hybridized carbons (Fsp3) is 0.400. The monoisotopic (exact) mass is 179 g/mol. The van der Waals surface area contributed by atoms with Crippen LogP contribution in [0.25, 0.3) is 0 Å². The van der Waals surface area contributed by atoms with E-state index in [9.17, 15) is 5.11 Å². The Morgan fingerprint density at radius 3 is 2.62 bits per heavy atom. The third kappa shape index (κ3) is 1.72. The van der Waals surface area contributed by atoms with Crippen molar-refractivity contribution in [3.05, 3.63) is 35.9 Å². The molecule has 1 aliphatic heterocycles. The number of rotatable bonds is 1. The van der Waals surface area contributed by atoms with Gasteiger partial charge in [-0.25, -0.2) is 0 Å². The highest BCUT2D eigenvalue weighted by molar-refractivity contribution is 5.19. The molecule has 13 heavy (non-hydrogen) atoms. The Bertz CT molecular complexity index is 276. The molecule has 0 bridgehead atoms. The summed E-state index contributed by atoms with van der Waals surface area (Å²) in [5.41, 5.74) is 1.18. The zero-order valence-electron chi connectivity index (χ0n) is 7.55. The molecule has 1 aliphatic rings. The maximum absolute atomic E-state index is 9.27. The first-order valence-electron chi connectivity index (χ1n) is 4.40. The second-order valence-electron chi connectivity index (χ2n) is 3.27. The highest BCUT2D eigenvalue weighted by Crippen LogP contribution is 2.31. The van der Waals surface area contributed by atoms with Crippen molar-refractivity contribution in [1.29, 1.82) is 0 Å². The molecule has 3 nitrogen and oxygen atoms in total. The Hall–Kier alpha value is -0.900. The molecule has 0 amide bonds. The minimum atomic E-state index is -0.657. The van der Waals surface area contributed by atoms with Crippen molar-refractivity contribution >= 4 is 0 Å². The van der Waals surface area contributed by atoms with Crippen LogP contribution in [0.1, 0.15) is 18.0 Å². The van der Waals surface area contributed by atoms with Gasteiger partial charge in [0.1, 0.15) is 0 Å². The first kappa shape index (κ1) is 8.69. The van der Waals surface area contributed by atoms with Crippen LogP contribution in [0.3, 0.4) is 0 Å². The third-order valence-corrected chi connectivity index (χ3v) is 2.34. The SMILES string of the molecule is CN1OC(O)C[C@@H]1c1ccccc1. The van der Waals surface area contributed by atoms with Crippen molar-refractivity contribution in [2.75, 3.05) is 7.05 Å². The van der Waals surface area contributed by atoms with Crippen molar-refractivity contribution in [3.8, 4) is 0 Å². The summed E-state index contributed by atoms with van der Waals surface area (Å²) in [5, 5.41) is 11.0. The number of aliphatic hydroxyl groups excluding tert-OH is 1. The first-order chi connectivity index (χ1) is 6.27. The van der Waals surface area contributed by atoms with Crippen molar-refractivity contribution in [1.82, 2.24) is 5.06 Å². The van der Waals surface area contributed by atoms with Gasteiger partial charge in [0, 0.05) is 13.5 Å². The van der Waals surface area contributed by atoms with Crippen LogP contribution in [0.15, 0.2) is 30.3 Å². The van der Waals surface area contributed by atoms with Crippen LogP contribution in [-0.4, -0.2) is 23.5 Å². The van der Waals surface area contributed by atoms with Crippen LogP contribution in [0, 0.1) is 0 Å². The lowest BCUT2D eigenvalue weighted by Gasteiger charge is -2.16. The highest BCUT2D eigenvalue weighted by Gasteiger charge is 2.30. The van der Waals surface area contributed by atoms with Crippen LogP contribution >= 0.6 is 0 Å². The molecule has 1 saturated heterocycles. The summed E-state index contributed by atoms with van der Waals surface area (Å²) in [5.74, 6) is 0. The Labute approximate surface area is 77.5 Å². The topological polar surface area (TPSA) is 32.7 Å². The summed E-state index contributed by atoms with van der Waals surface area (Å²) in [6.45, 7) is 0. The van der Waals surface area contributed by atoms with E-state index in [1.165, 1.54) is 5.56 Å². The molecule has 2 rings (SSSR count). The molecular formula is C10H13NO2. The lowest BCUT2D eigenvalue weighted by Crippen LogP contribution is -2.16. The largest absolute Gasteiger partial charge is 0.366 e. The number of hydroxylamine groups is 2. The predicted octanol–water partition coefficient (Wildman–Crippen LogP) is 1.31. The lowest BCUT2D eigenvalue weighted by atomic mass is 10.0. The molecule has 0 spiro atoms. The smallest absolute Gasteiger partial charge is 0.176 e. The minimum absolute atomic E-state index is 0.177. The molecule has 1 heterocycles. The first-order valence-corrected chi connectivity index (χ1v) is 4.40. The van der Waals surface area contributed by atoms with E-state index in [1.807, 2.05) is 37.4 Å². The number of nitrogens with zero attached hydrogens (tertiary/aromatic N) is 1. The van der Waals surface area contributed by atoms with Gasteiger partial charge in [0.05, 0.1) is 6.04 Å². The average Bonchev–Trinajstić information content (AvgIpc) is 2.47. The van der Waals surface area contributed by atoms with E-state index in [-0.39, 0.29) is 6.04 Å². The van der Waals surface area contributed by atoms with Gasteiger partial charge in [0.15, 0.2) is 6.29 Å².